The predicted octanol–water partition coefficient (Wildman–Crippen LogP) is 0.933. The normalized spacial score (nSPS) is 16.9. The van der Waals surface area contributed by atoms with Crippen molar-refractivity contribution in [3.63, 3.8) is 0 Å². The van der Waals surface area contributed by atoms with Gasteiger partial charge in [0.25, 0.3) is 0 Å². The van der Waals surface area contributed by atoms with Crippen LogP contribution in [0.4, 0.5) is 0 Å². The molecule has 0 aliphatic carbocycles. The molecule has 0 fully saturated rings. The molecule has 6 nitrogen and oxygen atoms in total. The van der Waals surface area contributed by atoms with Crippen molar-refractivity contribution in [2.24, 2.45) is 0 Å². The van der Waals surface area contributed by atoms with Gasteiger partial charge >= 0.3 is 0 Å². The maximum absolute atomic E-state index is 11.4. The lowest BCUT2D eigenvalue weighted by Crippen LogP contribution is -2.60. The van der Waals surface area contributed by atoms with Crippen molar-refractivity contribution < 1.29 is 37.4 Å². The molecular weight excluding hydrogens is 392 g/mol. The summed E-state index contributed by atoms with van der Waals surface area (Å²) < 4.78 is 49.3. The number of ether oxygens (including phenoxy) is 2. The van der Waals surface area contributed by atoms with Crippen LogP contribution in [0.25, 0.3) is 4.91 Å². The third-order valence-electron chi connectivity index (χ3n) is 3.78. The average Bonchev–Trinajstić information content (AvgIpc) is 2.67. The first-order valence-electron chi connectivity index (χ1n) is 7.80. The second-order valence-corrected chi connectivity index (χ2v) is 8.10. The molecule has 0 saturated carbocycles. The molecule has 1 aliphatic rings. The molecule has 1 aliphatic heterocycles. The van der Waals surface area contributed by atoms with E-state index < -0.39 is 21.0 Å². The van der Waals surface area contributed by atoms with Crippen molar-refractivity contribution in [2.45, 2.75) is 0 Å². The molecule has 1 heterocycles. The summed E-state index contributed by atoms with van der Waals surface area (Å²) in [5.41, 5.74) is 1.46. The van der Waals surface area contributed by atoms with Crippen LogP contribution in [0.1, 0.15) is 11.1 Å². The largest absolute Gasteiger partial charge is 0.497 e. The summed E-state index contributed by atoms with van der Waals surface area (Å²) >= 11 is 0. The van der Waals surface area contributed by atoms with Gasteiger partial charge in [-0.15, -0.1) is 0 Å². The van der Waals surface area contributed by atoms with Gasteiger partial charge in [0.05, 0.1) is 34.2 Å². The lowest BCUT2D eigenvalue weighted by Gasteiger charge is -2.20. The number of benzene rings is 2. The molecule has 2 aromatic rings. The number of methoxy groups -OCH3 is 2. The molecule has 3 rings (SSSR count). The lowest BCUT2D eigenvalue weighted by molar-refractivity contribution is -1.91. The van der Waals surface area contributed by atoms with E-state index in [-0.39, 0.29) is 0 Å². The summed E-state index contributed by atoms with van der Waals surface area (Å²) in [6.45, 7) is 0. The average molecular weight is 409 g/mol. The van der Waals surface area contributed by atoms with E-state index in [1.54, 1.807) is 81.0 Å². The van der Waals surface area contributed by atoms with Gasteiger partial charge in [0, 0.05) is 0 Å². The fourth-order valence-electron chi connectivity index (χ4n) is 2.53. The molecule has 2 aromatic carbocycles. The molecule has 0 saturated heterocycles. The Bertz CT molecular complexity index is 895. The van der Waals surface area contributed by atoms with E-state index in [0.717, 1.165) is 11.1 Å². The Labute approximate surface area is 161 Å². The van der Waals surface area contributed by atoms with Gasteiger partial charge in [-0.05, 0) is 47.5 Å². The molecule has 0 N–H and O–H groups in total. The fraction of sp³-hybridized carbons (Fsp3) is 0.105. The summed E-state index contributed by atoms with van der Waals surface area (Å²) in [5, 5.41) is 0. The summed E-state index contributed by atoms with van der Waals surface area (Å²) in [4.78, 5) is 1.16. The molecule has 0 aromatic heterocycles. The van der Waals surface area contributed by atoms with Crippen molar-refractivity contribution >= 4 is 20.5 Å². The molecular formula is C19H17ClO6S. The Morgan fingerprint density at radius 1 is 0.778 bits per heavy atom. The molecule has 0 radical (unpaired) electrons. The Morgan fingerprint density at radius 3 is 1.78 bits per heavy atom. The second kappa shape index (κ2) is 8.26. The first-order chi connectivity index (χ1) is 12.9. The molecule has 0 spiro atoms. The Morgan fingerprint density at radius 2 is 1.30 bits per heavy atom. The van der Waals surface area contributed by atoms with E-state index in [9.17, 15) is 14.0 Å². The van der Waals surface area contributed by atoms with Crippen LogP contribution in [0.15, 0.2) is 66.8 Å². The number of allylic oxidation sites excluding steroid dienone is 3. The number of halogens is 1. The van der Waals surface area contributed by atoms with Gasteiger partial charge in [-0.1, -0.05) is 30.3 Å². The highest BCUT2D eigenvalue weighted by atomic mass is 35.7. The maximum Gasteiger partial charge on any atom is 0.148 e. The third kappa shape index (κ3) is 4.78. The van der Waals surface area contributed by atoms with Gasteiger partial charge in [0.1, 0.15) is 26.0 Å². The lowest BCUT2D eigenvalue weighted by atomic mass is 10.1. The Hall–Kier alpha value is -2.13. The van der Waals surface area contributed by atoms with Crippen LogP contribution < -0.4 is 23.5 Å². The minimum atomic E-state index is -4.61. The summed E-state index contributed by atoms with van der Waals surface area (Å²) in [5.74, 6) is 1.33. The highest BCUT2D eigenvalue weighted by molar-refractivity contribution is 8.20. The number of hydrogen-bond acceptors (Lipinski definition) is 6. The molecule has 1 atom stereocenters. The van der Waals surface area contributed by atoms with Crippen molar-refractivity contribution in [1.82, 2.24) is 0 Å². The highest BCUT2D eigenvalue weighted by Crippen LogP contribution is 2.42. The van der Waals surface area contributed by atoms with E-state index in [0.29, 0.717) is 21.3 Å². The van der Waals surface area contributed by atoms with E-state index in [1.807, 2.05) is 0 Å². The van der Waals surface area contributed by atoms with E-state index in [1.165, 1.54) is 0 Å². The topological polar surface area (TPSA) is 96.9 Å². The SMILES string of the molecule is COc1ccc(C2=CC=CC(c3ccc(OC)cc3)=S2O[Cl+3]([O-])([O-])[O-])cc1. The Balaban J connectivity index is 2.09. The van der Waals surface area contributed by atoms with E-state index >= 15 is 0 Å². The van der Waals surface area contributed by atoms with Crippen LogP contribution in [-0.4, -0.2) is 19.1 Å². The molecule has 142 valence electrons. The number of hydrogen-bond donors (Lipinski definition) is 0. The van der Waals surface area contributed by atoms with Gasteiger partial charge in [0.2, 0.25) is 0 Å². The zero-order chi connectivity index (χ0) is 19.4. The van der Waals surface area contributed by atoms with Gasteiger partial charge in [-0.25, -0.2) is 0 Å². The van der Waals surface area contributed by atoms with E-state index in [2.05, 4.69) is 0 Å². The molecule has 8 heteroatoms. The van der Waals surface area contributed by atoms with Crippen LogP contribution in [0.5, 0.6) is 11.5 Å². The van der Waals surface area contributed by atoms with Crippen LogP contribution in [-0.2, 0) is 3.74 Å². The molecule has 27 heavy (non-hydrogen) atoms. The van der Waals surface area contributed by atoms with Crippen molar-refractivity contribution in [2.75, 3.05) is 14.2 Å². The third-order valence-corrected chi connectivity index (χ3v) is 6.45. The quantitative estimate of drug-likeness (QED) is 0.660. The van der Waals surface area contributed by atoms with Crippen LogP contribution in [0.2, 0.25) is 0 Å². The summed E-state index contributed by atoms with van der Waals surface area (Å²) in [6.07, 6.45) is 5.26. The molecule has 0 amide bonds. The Kier molecular flexibility index (Phi) is 6.01. The van der Waals surface area contributed by atoms with Crippen molar-refractivity contribution in [1.29, 1.82) is 0 Å². The van der Waals surface area contributed by atoms with Gasteiger partial charge in [-0.3, -0.25) is 0 Å². The van der Waals surface area contributed by atoms with Gasteiger partial charge < -0.3 is 9.47 Å². The van der Waals surface area contributed by atoms with E-state index in [4.69, 9.17) is 13.2 Å². The smallest absolute Gasteiger partial charge is 0.148 e. The van der Waals surface area contributed by atoms with Crippen molar-refractivity contribution in [3.8, 4) is 11.5 Å². The number of rotatable bonds is 6. The standard InChI is InChI=1S/C19H17ClO6S/c1-24-16-10-6-14(7-11-16)18-4-3-5-19(27(18)26-20(21,22)23)15-8-12-17(25-2)13-9-15/h3-13H,1-2H3. The second-order valence-electron chi connectivity index (χ2n) is 5.42. The maximum atomic E-state index is 11.4. The summed E-state index contributed by atoms with van der Waals surface area (Å²) in [7, 11) is -2.91. The van der Waals surface area contributed by atoms with Crippen LogP contribution >= 0.6 is 10.8 Å². The zero-order valence-corrected chi connectivity index (χ0v) is 16.2. The predicted molar refractivity (Wildman–Crippen MR) is 95.9 cm³/mol. The van der Waals surface area contributed by atoms with Crippen LogP contribution in [0, 0.1) is 10.2 Å². The minimum Gasteiger partial charge on any atom is -0.497 e. The zero-order valence-electron chi connectivity index (χ0n) is 14.6. The van der Waals surface area contributed by atoms with Crippen molar-refractivity contribution in [3.05, 3.63) is 77.9 Å². The summed E-state index contributed by atoms with van der Waals surface area (Å²) in [6, 6.07) is 14.2. The minimum absolute atomic E-state index is 0.581. The fourth-order valence-corrected chi connectivity index (χ4v) is 5.03. The van der Waals surface area contributed by atoms with Crippen LogP contribution in [0.3, 0.4) is 0 Å². The first-order valence-corrected chi connectivity index (χ1v) is 10.2. The molecule has 1 unspecified atom stereocenters. The first kappa shape index (κ1) is 19.6. The van der Waals surface area contributed by atoms with Gasteiger partial charge in [0.15, 0.2) is 0 Å². The monoisotopic (exact) mass is 408 g/mol. The molecule has 0 bridgehead atoms. The highest BCUT2D eigenvalue weighted by Gasteiger charge is 2.30. The van der Waals surface area contributed by atoms with Gasteiger partial charge in [-0.2, -0.15) is 14.0 Å².